The van der Waals surface area contributed by atoms with Crippen LogP contribution in [-0.4, -0.2) is 40.9 Å². The van der Waals surface area contributed by atoms with Crippen molar-refractivity contribution in [3.05, 3.63) is 60.4 Å². The number of likely N-dealkylation sites (tertiary alicyclic amines) is 1. The highest BCUT2D eigenvalue weighted by Gasteiger charge is 2.33. The molecule has 0 bridgehead atoms. The summed E-state index contributed by atoms with van der Waals surface area (Å²) in [6.07, 6.45) is 2.79. The van der Waals surface area contributed by atoms with Crippen molar-refractivity contribution >= 4 is 16.8 Å². The monoisotopic (exact) mass is 419 g/mol. The van der Waals surface area contributed by atoms with E-state index in [2.05, 4.69) is 35.3 Å². The maximum Gasteiger partial charge on any atom is 0.316 e. The Hall–Kier alpha value is -3.12. The van der Waals surface area contributed by atoms with E-state index in [9.17, 15) is 4.79 Å². The van der Waals surface area contributed by atoms with Gasteiger partial charge in [0.25, 0.3) is 0 Å². The quantitative estimate of drug-likeness (QED) is 0.639. The van der Waals surface area contributed by atoms with Crippen molar-refractivity contribution < 1.29 is 14.3 Å². The van der Waals surface area contributed by atoms with E-state index >= 15 is 0 Å². The molecule has 2 N–H and O–H groups in total. The number of hydrogen-bond acceptors (Lipinski definition) is 4. The minimum absolute atomic E-state index is 0.00593. The molecule has 162 valence electrons. The summed E-state index contributed by atoms with van der Waals surface area (Å²) in [6, 6.07) is 16.2. The maximum atomic E-state index is 11.7. The summed E-state index contributed by atoms with van der Waals surface area (Å²) in [4.78, 5) is 17.6. The van der Waals surface area contributed by atoms with Crippen LogP contribution >= 0.6 is 0 Å². The lowest BCUT2D eigenvalue weighted by Crippen LogP contribution is -2.52. The largest absolute Gasteiger partial charge is 0.490 e. The Morgan fingerprint density at radius 1 is 1.13 bits per heavy atom. The molecule has 1 aliphatic rings. The number of carbonyl (C=O) groups is 1. The number of amides is 2. The summed E-state index contributed by atoms with van der Waals surface area (Å²) in [5.74, 6) is 0.811. The normalized spacial score (nSPS) is 19.0. The Morgan fingerprint density at radius 3 is 2.58 bits per heavy atom. The van der Waals surface area contributed by atoms with Crippen LogP contribution in [0.2, 0.25) is 0 Å². The second kappa shape index (κ2) is 8.94. The van der Waals surface area contributed by atoms with Gasteiger partial charge in [0.05, 0.1) is 6.10 Å². The van der Waals surface area contributed by atoms with Crippen LogP contribution in [0.4, 0.5) is 4.79 Å². The van der Waals surface area contributed by atoms with Crippen LogP contribution in [0.5, 0.6) is 5.75 Å². The molecule has 6 nitrogen and oxygen atoms in total. The summed E-state index contributed by atoms with van der Waals surface area (Å²) in [7, 11) is 0. The number of aromatic nitrogens is 1. The third-order valence-electron chi connectivity index (χ3n) is 5.67. The Kier molecular flexibility index (Phi) is 6.09. The fourth-order valence-corrected chi connectivity index (χ4v) is 4.13. The van der Waals surface area contributed by atoms with Gasteiger partial charge in [-0.15, -0.1) is 0 Å². The predicted octanol–water partition coefficient (Wildman–Crippen LogP) is 4.88. The van der Waals surface area contributed by atoms with E-state index in [1.54, 1.807) is 4.90 Å². The maximum absolute atomic E-state index is 11.7. The molecule has 2 heterocycles. The average molecular weight is 420 g/mol. The molecule has 0 radical (unpaired) electrons. The van der Waals surface area contributed by atoms with Gasteiger partial charge in [0, 0.05) is 36.7 Å². The number of pyridine rings is 1. The highest BCUT2D eigenvalue weighted by Crippen LogP contribution is 2.29. The molecule has 6 heteroatoms. The van der Waals surface area contributed by atoms with E-state index in [1.165, 1.54) is 10.8 Å². The Morgan fingerprint density at radius 2 is 1.87 bits per heavy atom. The number of rotatable bonds is 5. The second-order valence-corrected chi connectivity index (χ2v) is 8.29. The van der Waals surface area contributed by atoms with Crippen LogP contribution < -0.4 is 10.5 Å². The summed E-state index contributed by atoms with van der Waals surface area (Å²) < 4.78 is 12.1. The van der Waals surface area contributed by atoms with E-state index < -0.39 is 6.03 Å². The van der Waals surface area contributed by atoms with E-state index in [-0.39, 0.29) is 18.4 Å². The second-order valence-electron chi connectivity index (χ2n) is 8.29. The van der Waals surface area contributed by atoms with Gasteiger partial charge in [-0.2, -0.15) is 0 Å². The first-order valence-electron chi connectivity index (χ1n) is 10.7. The van der Waals surface area contributed by atoms with Crippen molar-refractivity contribution in [3.8, 4) is 16.9 Å². The van der Waals surface area contributed by atoms with E-state index in [4.69, 9.17) is 15.2 Å². The minimum atomic E-state index is -0.449. The number of urea groups is 1. The molecule has 0 aliphatic carbocycles. The number of primary amides is 1. The lowest BCUT2D eigenvalue weighted by atomic mass is 10.0. The van der Waals surface area contributed by atoms with Crippen LogP contribution in [0.25, 0.3) is 21.9 Å². The Bertz CT molecular complexity index is 1070. The number of nitrogens with zero attached hydrogens (tertiary/aromatic N) is 2. The van der Waals surface area contributed by atoms with Gasteiger partial charge in [-0.1, -0.05) is 24.3 Å². The number of hydrogen-bond donors (Lipinski definition) is 1. The van der Waals surface area contributed by atoms with Gasteiger partial charge < -0.3 is 15.2 Å². The van der Waals surface area contributed by atoms with Gasteiger partial charge in [0.2, 0.25) is 0 Å². The molecule has 2 unspecified atom stereocenters. The molecule has 1 aliphatic heterocycles. The topological polar surface area (TPSA) is 77.7 Å². The molecule has 0 saturated carbocycles. The Balaban J connectivity index is 1.46. The average Bonchev–Trinajstić information content (AvgIpc) is 2.74. The van der Waals surface area contributed by atoms with Crippen LogP contribution in [0.15, 0.2) is 54.7 Å². The third kappa shape index (κ3) is 4.80. The molecule has 2 amide bonds. The molecule has 4 rings (SSSR count). The number of carbonyl (C=O) groups excluding carboxylic acids is 1. The summed E-state index contributed by atoms with van der Waals surface area (Å²) in [5, 5.41) is 2.36. The van der Waals surface area contributed by atoms with Crippen molar-refractivity contribution in [2.24, 2.45) is 5.73 Å². The zero-order chi connectivity index (χ0) is 22.0. The molecule has 3 aromatic rings. The highest BCUT2D eigenvalue weighted by molar-refractivity contribution is 5.88. The number of ether oxygens (including phenoxy) is 2. The van der Waals surface area contributed by atoms with Crippen molar-refractivity contribution in [3.63, 3.8) is 0 Å². The van der Waals surface area contributed by atoms with Crippen molar-refractivity contribution in [2.75, 3.05) is 6.54 Å². The summed E-state index contributed by atoms with van der Waals surface area (Å²) >= 11 is 0. The van der Waals surface area contributed by atoms with E-state index in [0.717, 1.165) is 29.0 Å². The molecule has 1 aromatic heterocycles. The first-order chi connectivity index (χ1) is 14.9. The zero-order valence-electron chi connectivity index (χ0n) is 18.2. The number of piperidine rings is 1. The third-order valence-corrected chi connectivity index (χ3v) is 5.67. The van der Waals surface area contributed by atoms with Crippen molar-refractivity contribution in [1.29, 1.82) is 0 Å². The minimum Gasteiger partial charge on any atom is -0.490 e. The molecular weight excluding hydrogens is 390 g/mol. The number of nitrogens with two attached hydrogens (primary N) is 1. The first-order valence-corrected chi connectivity index (χ1v) is 10.7. The lowest BCUT2D eigenvalue weighted by molar-refractivity contribution is -0.105. The van der Waals surface area contributed by atoms with Crippen molar-refractivity contribution in [1.82, 2.24) is 9.88 Å². The van der Waals surface area contributed by atoms with E-state index in [1.807, 2.05) is 45.2 Å². The Labute approximate surface area is 183 Å². The van der Waals surface area contributed by atoms with Gasteiger partial charge in [0.1, 0.15) is 18.1 Å². The molecular formula is C25H29N3O3. The highest BCUT2D eigenvalue weighted by atomic mass is 16.5. The van der Waals surface area contributed by atoms with Gasteiger partial charge in [-0.05, 0) is 61.5 Å². The lowest BCUT2D eigenvalue weighted by Gasteiger charge is -2.38. The molecule has 2 aromatic carbocycles. The first kappa shape index (κ1) is 21.1. The molecule has 2 atom stereocenters. The van der Waals surface area contributed by atoms with Crippen LogP contribution in [0, 0.1) is 6.92 Å². The van der Waals surface area contributed by atoms with Crippen molar-refractivity contribution in [2.45, 2.75) is 52.0 Å². The van der Waals surface area contributed by atoms with Crippen LogP contribution in [-0.2, 0) is 4.74 Å². The van der Waals surface area contributed by atoms with Crippen LogP contribution in [0.1, 0.15) is 32.4 Å². The summed E-state index contributed by atoms with van der Waals surface area (Å²) in [5.41, 5.74) is 8.84. The SMILES string of the molecule is Cc1nccc2cc(-c3ccc(OC4CCN(C(N)=O)C(OC(C)C)C4)cc3)ccc12. The fraction of sp³-hybridized carbons (Fsp3) is 0.360. The summed E-state index contributed by atoms with van der Waals surface area (Å²) in [6.45, 7) is 6.46. The molecule has 0 spiro atoms. The van der Waals surface area contributed by atoms with Crippen LogP contribution in [0.3, 0.4) is 0 Å². The smallest absolute Gasteiger partial charge is 0.316 e. The fourth-order valence-electron chi connectivity index (χ4n) is 4.13. The molecule has 1 saturated heterocycles. The van der Waals surface area contributed by atoms with Gasteiger partial charge >= 0.3 is 6.03 Å². The number of aryl methyl sites for hydroxylation is 1. The standard InChI is InChI=1S/C25H29N3O3/c1-16(2)30-24-15-22(11-13-28(24)25(26)29)31-21-7-4-18(5-8-21)19-6-9-23-17(3)27-12-10-20(23)14-19/h4-10,12,14,16,22,24H,11,13,15H2,1-3H3,(H2,26,29). The van der Waals surface area contributed by atoms with Gasteiger partial charge in [-0.3, -0.25) is 9.88 Å². The van der Waals surface area contributed by atoms with Gasteiger partial charge in [-0.25, -0.2) is 4.79 Å². The predicted molar refractivity (Wildman–Crippen MR) is 122 cm³/mol. The van der Waals surface area contributed by atoms with Gasteiger partial charge in [0.15, 0.2) is 0 Å². The van der Waals surface area contributed by atoms with E-state index in [0.29, 0.717) is 13.0 Å². The zero-order valence-corrected chi connectivity index (χ0v) is 18.2. The molecule has 31 heavy (non-hydrogen) atoms. The number of benzene rings is 2. The number of fused-ring (bicyclic) bond motifs is 1. The molecule has 1 fully saturated rings.